The van der Waals surface area contributed by atoms with E-state index in [9.17, 15) is 4.79 Å². The van der Waals surface area contributed by atoms with Gasteiger partial charge in [-0.15, -0.1) is 0 Å². The number of rotatable bonds is 1. The number of piperidine rings is 1. The van der Waals surface area contributed by atoms with E-state index in [4.69, 9.17) is 0 Å². The fourth-order valence-electron chi connectivity index (χ4n) is 2.49. The zero-order chi connectivity index (χ0) is 12.5. The summed E-state index contributed by atoms with van der Waals surface area (Å²) in [4.78, 5) is 18.6. The van der Waals surface area contributed by atoms with E-state index in [-0.39, 0.29) is 5.91 Å². The number of H-pyrrole nitrogens is 1. The molecule has 18 heavy (non-hydrogen) atoms. The number of carbonyl (C=O) groups excluding carboxylic acids is 1. The summed E-state index contributed by atoms with van der Waals surface area (Å²) in [5.74, 6) is 0.616. The molecule has 3 heterocycles. The second-order valence-electron chi connectivity index (χ2n) is 5.00. The molecule has 0 unspecified atom stereocenters. The van der Waals surface area contributed by atoms with Crippen LogP contribution in [0.3, 0.4) is 0 Å². The Labute approximate surface area is 105 Å². The second kappa shape index (κ2) is 4.40. The SMILES string of the molecule is C[C@H]1CCCN(C(=O)c2ccc3[nH]ncc3n2)C1. The normalized spacial score (nSPS) is 20.3. The van der Waals surface area contributed by atoms with Crippen molar-refractivity contribution >= 4 is 16.9 Å². The minimum Gasteiger partial charge on any atom is -0.337 e. The van der Waals surface area contributed by atoms with Crippen molar-refractivity contribution in [1.29, 1.82) is 0 Å². The largest absolute Gasteiger partial charge is 0.337 e. The number of aromatic amines is 1. The second-order valence-corrected chi connectivity index (χ2v) is 5.00. The van der Waals surface area contributed by atoms with E-state index in [2.05, 4.69) is 22.1 Å². The summed E-state index contributed by atoms with van der Waals surface area (Å²) in [6.45, 7) is 3.87. The first kappa shape index (κ1) is 11.2. The molecule has 1 aliphatic heterocycles. The van der Waals surface area contributed by atoms with Crippen molar-refractivity contribution in [3.63, 3.8) is 0 Å². The first-order valence-corrected chi connectivity index (χ1v) is 6.33. The number of likely N-dealkylation sites (tertiary alicyclic amines) is 1. The van der Waals surface area contributed by atoms with Crippen molar-refractivity contribution in [2.45, 2.75) is 19.8 Å². The standard InChI is InChI=1S/C13H16N4O/c1-9-3-2-6-17(8-9)13(18)11-5-4-10-12(15-11)7-14-16-10/h4-5,7,9H,2-3,6,8H2,1H3,(H,14,16)/t9-/m0/s1. The van der Waals surface area contributed by atoms with Crippen molar-refractivity contribution < 1.29 is 4.79 Å². The third kappa shape index (κ3) is 1.96. The molecule has 0 bridgehead atoms. The quantitative estimate of drug-likeness (QED) is 0.832. The number of pyridine rings is 1. The molecule has 1 N–H and O–H groups in total. The summed E-state index contributed by atoms with van der Waals surface area (Å²) in [5.41, 5.74) is 2.11. The van der Waals surface area contributed by atoms with Crippen molar-refractivity contribution in [3.8, 4) is 0 Å². The highest BCUT2D eigenvalue weighted by atomic mass is 16.2. The van der Waals surface area contributed by atoms with E-state index >= 15 is 0 Å². The summed E-state index contributed by atoms with van der Waals surface area (Å²) in [5, 5.41) is 6.75. The van der Waals surface area contributed by atoms with E-state index < -0.39 is 0 Å². The molecule has 1 saturated heterocycles. The van der Waals surface area contributed by atoms with E-state index in [1.165, 1.54) is 6.42 Å². The first-order valence-electron chi connectivity index (χ1n) is 6.33. The van der Waals surface area contributed by atoms with Gasteiger partial charge in [0.15, 0.2) is 0 Å². The fraction of sp³-hybridized carbons (Fsp3) is 0.462. The van der Waals surface area contributed by atoms with Crippen LogP contribution < -0.4 is 0 Å². The fourth-order valence-corrected chi connectivity index (χ4v) is 2.49. The zero-order valence-corrected chi connectivity index (χ0v) is 10.4. The molecule has 1 aliphatic rings. The maximum atomic E-state index is 12.3. The topological polar surface area (TPSA) is 61.9 Å². The van der Waals surface area contributed by atoms with Gasteiger partial charge >= 0.3 is 0 Å². The lowest BCUT2D eigenvalue weighted by molar-refractivity contribution is 0.0677. The van der Waals surface area contributed by atoms with Crippen LogP contribution in [0.15, 0.2) is 18.3 Å². The first-order chi connectivity index (χ1) is 8.74. The van der Waals surface area contributed by atoms with E-state index in [1.807, 2.05) is 11.0 Å². The van der Waals surface area contributed by atoms with Gasteiger partial charge in [0.1, 0.15) is 11.2 Å². The molecule has 1 amide bonds. The summed E-state index contributed by atoms with van der Waals surface area (Å²) in [6.07, 6.45) is 3.93. The minimum absolute atomic E-state index is 0.0321. The van der Waals surface area contributed by atoms with Crippen LogP contribution in [-0.2, 0) is 0 Å². The third-order valence-corrected chi connectivity index (χ3v) is 3.46. The summed E-state index contributed by atoms with van der Waals surface area (Å²) >= 11 is 0. The Morgan fingerprint density at radius 2 is 2.39 bits per heavy atom. The molecule has 2 aromatic heterocycles. The number of fused-ring (bicyclic) bond motifs is 1. The molecule has 0 aromatic carbocycles. The van der Waals surface area contributed by atoms with Crippen molar-refractivity contribution in [2.24, 2.45) is 5.92 Å². The molecule has 3 rings (SSSR count). The Kier molecular flexibility index (Phi) is 2.74. The molecule has 1 fully saturated rings. The van der Waals surface area contributed by atoms with Gasteiger partial charge < -0.3 is 4.90 Å². The molecule has 94 valence electrons. The van der Waals surface area contributed by atoms with Crippen LogP contribution in [0.1, 0.15) is 30.3 Å². The van der Waals surface area contributed by atoms with Crippen molar-refractivity contribution in [2.75, 3.05) is 13.1 Å². The Morgan fingerprint density at radius 3 is 3.22 bits per heavy atom. The monoisotopic (exact) mass is 244 g/mol. The van der Waals surface area contributed by atoms with Crippen LogP contribution in [0.5, 0.6) is 0 Å². The smallest absolute Gasteiger partial charge is 0.272 e. The Balaban J connectivity index is 1.86. The van der Waals surface area contributed by atoms with Gasteiger partial charge in [0, 0.05) is 13.1 Å². The van der Waals surface area contributed by atoms with Gasteiger partial charge in [-0.25, -0.2) is 4.98 Å². The Hall–Kier alpha value is -1.91. The zero-order valence-electron chi connectivity index (χ0n) is 10.4. The number of hydrogen-bond acceptors (Lipinski definition) is 3. The van der Waals surface area contributed by atoms with Crippen LogP contribution in [0.2, 0.25) is 0 Å². The highest BCUT2D eigenvalue weighted by molar-refractivity contribution is 5.94. The van der Waals surface area contributed by atoms with E-state index in [0.29, 0.717) is 11.6 Å². The average molecular weight is 244 g/mol. The molecule has 5 heteroatoms. The highest BCUT2D eigenvalue weighted by Gasteiger charge is 2.22. The molecule has 2 aromatic rings. The molecule has 0 spiro atoms. The Morgan fingerprint density at radius 1 is 1.50 bits per heavy atom. The number of hydrogen-bond donors (Lipinski definition) is 1. The molecule has 0 aliphatic carbocycles. The average Bonchev–Trinajstić information content (AvgIpc) is 2.85. The minimum atomic E-state index is 0.0321. The van der Waals surface area contributed by atoms with Crippen LogP contribution >= 0.6 is 0 Å². The summed E-state index contributed by atoms with van der Waals surface area (Å²) in [7, 11) is 0. The number of nitrogens with zero attached hydrogens (tertiary/aromatic N) is 3. The van der Waals surface area contributed by atoms with Gasteiger partial charge in [-0.2, -0.15) is 5.10 Å². The van der Waals surface area contributed by atoms with E-state index in [1.54, 1.807) is 12.3 Å². The maximum Gasteiger partial charge on any atom is 0.272 e. The van der Waals surface area contributed by atoms with E-state index in [0.717, 1.165) is 30.5 Å². The number of aromatic nitrogens is 3. The van der Waals surface area contributed by atoms with Gasteiger partial charge in [-0.1, -0.05) is 6.92 Å². The number of amides is 1. The number of carbonyl (C=O) groups is 1. The van der Waals surface area contributed by atoms with Gasteiger partial charge in [-0.3, -0.25) is 9.89 Å². The molecule has 5 nitrogen and oxygen atoms in total. The summed E-state index contributed by atoms with van der Waals surface area (Å²) < 4.78 is 0. The van der Waals surface area contributed by atoms with Crippen LogP contribution in [0.4, 0.5) is 0 Å². The van der Waals surface area contributed by atoms with Crippen molar-refractivity contribution in [3.05, 3.63) is 24.0 Å². The van der Waals surface area contributed by atoms with Gasteiger partial charge in [-0.05, 0) is 30.9 Å². The predicted octanol–water partition coefficient (Wildman–Crippen LogP) is 1.83. The van der Waals surface area contributed by atoms with Crippen LogP contribution in [0.25, 0.3) is 11.0 Å². The summed E-state index contributed by atoms with van der Waals surface area (Å²) in [6, 6.07) is 3.62. The third-order valence-electron chi connectivity index (χ3n) is 3.46. The molecular weight excluding hydrogens is 228 g/mol. The molecule has 0 radical (unpaired) electrons. The van der Waals surface area contributed by atoms with Gasteiger partial charge in [0.2, 0.25) is 0 Å². The van der Waals surface area contributed by atoms with Crippen molar-refractivity contribution in [1.82, 2.24) is 20.1 Å². The molecule has 1 atom stereocenters. The molecule has 0 saturated carbocycles. The van der Waals surface area contributed by atoms with Gasteiger partial charge in [0.05, 0.1) is 11.7 Å². The lowest BCUT2D eigenvalue weighted by atomic mass is 10.00. The van der Waals surface area contributed by atoms with Gasteiger partial charge in [0.25, 0.3) is 5.91 Å². The van der Waals surface area contributed by atoms with Crippen LogP contribution in [0, 0.1) is 5.92 Å². The lowest BCUT2D eigenvalue weighted by Gasteiger charge is -2.30. The molecular formula is C13H16N4O. The maximum absolute atomic E-state index is 12.3. The predicted molar refractivity (Wildman–Crippen MR) is 68.2 cm³/mol. The Bertz CT molecular complexity index is 577. The lowest BCUT2D eigenvalue weighted by Crippen LogP contribution is -2.39. The number of nitrogens with one attached hydrogen (secondary N) is 1. The van der Waals surface area contributed by atoms with Crippen LogP contribution in [-0.4, -0.2) is 39.1 Å². The highest BCUT2D eigenvalue weighted by Crippen LogP contribution is 2.18.